The number of rotatable bonds is 6. The van der Waals surface area contributed by atoms with Gasteiger partial charge in [-0.15, -0.1) is 0 Å². The van der Waals surface area contributed by atoms with E-state index in [0.29, 0.717) is 17.0 Å². The van der Waals surface area contributed by atoms with Crippen LogP contribution in [0, 0.1) is 5.82 Å². The highest BCUT2D eigenvalue weighted by atomic mass is 19.3. The fraction of sp³-hybridized carbons (Fsp3) is 0.200. The van der Waals surface area contributed by atoms with E-state index in [4.69, 9.17) is 4.74 Å². The molecule has 0 spiro atoms. The van der Waals surface area contributed by atoms with Crippen molar-refractivity contribution in [3.05, 3.63) is 54.6 Å². The number of hydrogen-bond acceptors (Lipinski definition) is 5. The number of anilines is 1. The number of nitrogens with one attached hydrogen (secondary N) is 1. The summed E-state index contributed by atoms with van der Waals surface area (Å²) in [7, 11) is 0. The molecule has 0 bridgehead atoms. The Morgan fingerprint density at radius 2 is 2.10 bits per heavy atom. The van der Waals surface area contributed by atoms with E-state index in [2.05, 4.69) is 20.9 Å². The third-order valence-corrected chi connectivity index (χ3v) is 4.83. The minimum Gasteiger partial charge on any atom is -0.444 e. The van der Waals surface area contributed by atoms with Gasteiger partial charge in [-0.1, -0.05) is 6.07 Å². The lowest BCUT2D eigenvalue weighted by molar-refractivity contribution is -0.145. The molecule has 3 aromatic rings. The minimum atomic E-state index is -3.82. The van der Waals surface area contributed by atoms with Crippen LogP contribution in [0.3, 0.4) is 0 Å². The number of carbonyl (C=O) groups excluding carboxylic acids is 2. The maximum atomic E-state index is 14.9. The Balaban J connectivity index is 1.58. The lowest BCUT2D eigenvalue weighted by Gasteiger charge is -2.16. The van der Waals surface area contributed by atoms with Gasteiger partial charge < -0.3 is 10.5 Å². The number of carbonyl (C=O) groups is 2. The van der Waals surface area contributed by atoms with Crippen LogP contribution in [0.2, 0.25) is 0 Å². The number of hydrogen-bond donors (Lipinski definition) is 2. The molecule has 0 aliphatic carbocycles. The molecule has 2 amide bonds. The Kier molecular flexibility index (Phi) is 5.09. The van der Waals surface area contributed by atoms with Crippen LogP contribution in [0.15, 0.2) is 48.8 Å². The van der Waals surface area contributed by atoms with Crippen LogP contribution in [-0.2, 0) is 9.53 Å². The lowest BCUT2D eigenvalue weighted by Crippen LogP contribution is -2.39. The Bertz CT molecular complexity index is 1140. The first kappa shape index (κ1) is 20.4. The van der Waals surface area contributed by atoms with Crippen molar-refractivity contribution in [2.45, 2.75) is 18.4 Å². The fourth-order valence-corrected chi connectivity index (χ4v) is 3.31. The van der Waals surface area contributed by atoms with Crippen molar-refractivity contribution >= 4 is 17.7 Å². The van der Waals surface area contributed by atoms with E-state index in [1.165, 1.54) is 18.3 Å². The summed E-state index contributed by atoms with van der Waals surface area (Å²) < 4.78 is 46.9. The molecule has 1 fully saturated rings. The van der Waals surface area contributed by atoms with E-state index in [-0.39, 0.29) is 17.8 Å². The molecule has 31 heavy (non-hydrogen) atoms. The normalized spacial score (nSPS) is 16.4. The van der Waals surface area contributed by atoms with Crippen molar-refractivity contribution in [2.24, 2.45) is 5.73 Å². The predicted octanol–water partition coefficient (Wildman–Crippen LogP) is 3.11. The van der Waals surface area contributed by atoms with Gasteiger partial charge in [0.25, 0.3) is 5.91 Å². The molecule has 1 saturated heterocycles. The average Bonchev–Trinajstić information content (AvgIpc) is 3.35. The first-order chi connectivity index (χ1) is 14.8. The van der Waals surface area contributed by atoms with Gasteiger partial charge in [-0.05, 0) is 30.3 Å². The van der Waals surface area contributed by atoms with Gasteiger partial charge >= 0.3 is 12.0 Å². The summed E-state index contributed by atoms with van der Waals surface area (Å²) >= 11 is 0. The van der Waals surface area contributed by atoms with E-state index < -0.39 is 36.3 Å². The maximum absolute atomic E-state index is 14.9. The molecule has 11 heteroatoms. The number of aromatic amines is 1. The summed E-state index contributed by atoms with van der Waals surface area (Å²) in [6, 6.07) is 9.27. The third-order valence-electron chi connectivity index (χ3n) is 4.83. The second-order valence-corrected chi connectivity index (χ2v) is 6.93. The van der Waals surface area contributed by atoms with Crippen LogP contribution in [0.4, 0.5) is 23.7 Å². The van der Waals surface area contributed by atoms with Crippen LogP contribution < -0.4 is 10.6 Å². The second kappa shape index (κ2) is 7.74. The Morgan fingerprint density at radius 1 is 1.29 bits per heavy atom. The Morgan fingerprint density at radius 3 is 2.77 bits per heavy atom. The summed E-state index contributed by atoms with van der Waals surface area (Å²) in [6.45, 7) is -0.274. The van der Waals surface area contributed by atoms with E-state index in [1.54, 1.807) is 24.4 Å². The highest BCUT2D eigenvalue weighted by Crippen LogP contribution is 2.34. The zero-order valence-corrected chi connectivity index (χ0v) is 15.9. The average molecular weight is 431 g/mol. The standard InChI is InChI=1S/C20H16F3N5O3/c21-15-7-11(28-10-12(31-19(28)30)8-20(22,23)18(24)29)4-5-13(15)17-14(9-26-27-17)16-3-1-2-6-25-16/h1-7,9,12H,8,10H2,(H2,24,29)(H,26,27). The minimum absolute atomic E-state index is 0.120. The predicted molar refractivity (Wildman–Crippen MR) is 104 cm³/mol. The van der Waals surface area contributed by atoms with E-state index in [1.807, 2.05) is 0 Å². The van der Waals surface area contributed by atoms with Crippen LogP contribution in [0.5, 0.6) is 0 Å². The highest BCUT2D eigenvalue weighted by molar-refractivity contribution is 5.91. The first-order valence-corrected chi connectivity index (χ1v) is 9.17. The highest BCUT2D eigenvalue weighted by Gasteiger charge is 2.44. The molecule has 0 saturated carbocycles. The van der Waals surface area contributed by atoms with Gasteiger partial charge in [0.05, 0.1) is 36.2 Å². The number of aromatic nitrogens is 3. The summed E-state index contributed by atoms with van der Waals surface area (Å²) in [5, 5.41) is 6.70. The Labute approximate surface area is 173 Å². The third kappa shape index (κ3) is 3.93. The van der Waals surface area contributed by atoms with Gasteiger partial charge in [-0.3, -0.25) is 19.8 Å². The smallest absolute Gasteiger partial charge is 0.414 e. The number of pyridine rings is 1. The number of nitrogens with zero attached hydrogens (tertiary/aromatic N) is 3. The number of ether oxygens (including phenoxy) is 1. The van der Waals surface area contributed by atoms with E-state index in [0.717, 1.165) is 11.0 Å². The number of halogens is 3. The number of amides is 2. The number of nitrogens with two attached hydrogens (primary N) is 1. The van der Waals surface area contributed by atoms with Gasteiger partial charge in [0.1, 0.15) is 11.9 Å². The SMILES string of the molecule is NC(=O)C(F)(F)CC1CN(c2ccc(-c3[nH]ncc3-c3ccccn3)c(F)c2)C(=O)O1. The zero-order valence-electron chi connectivity index (χ0n) is 15.9. The van der Waals surface area contributed by atoms with E-state index >= 15 is 0 Å². The Hall–Kier alpha value is -3.89. The van der Waals surface area contributed by atoms with Crippen molar-refractivity contribution in [3.63, 3.8) is 0 Å². The number of primary amides is 1. The number of benzene rings is 1. The van der Waals surface area contributed by atoms with Gasteiger partial charge in [0, 0.05) is 17.3 Å². The molecule has 1 aromatic carbocycles. The molecule has 160 valence electrons. The molecular weight excluding hydrogens is 415 g/mol. The quantitative estimate of drug-likeness (QED) is 0.623. The lowest BCUT2D eigenvalue weighted by atomic mass is 10.0. The maximum Gasteiger partial charge on any atom is 0.414 e. The van der Waals surface area contributed by atoms with Crippen molar-refractivity contribution < 1.29 is 27.5 Å². The van der Waals surface area contributed by atoms with Gasteiger partial charge in [-0.25, -0.2) is 9.18 Å². The summed E-state index contributed by atoms with van der Waals surface area (Å²) in [4.78, 5) is 28.2. The molecule has 8 nitrogen and oxygen atoms in total. The van der Waals surface area contributed by atoms with Gasteiger partial charge in [0.15, 0.2) is 0 Å². The summed E-state index contributed by atoms with van der Waals surface area (Å²) in [5.74, 6) is -6.29. The number of H-pyrrole nitrogens is 1. The van der Waals surface area contributed by atoms with Crippen LogP contribution in [0.1, 0.15) is 6.42 Å². The first-order valence-electron chi connectivity index (χ1n) is 9.17. The molecule has 1 aliphatic heterocycles. The number of cyclic esters (lactones) is 1. The summed E-state index contributed by atoms with van der Waals surface area (Å²) in [5.41, 5.74) is 6.54. The van der Waals surface area contributed by atoms with Crippen molar-refractivity contribution in [3.8, 4) is 22.5 Å². The van der Waals surface area contributed by atoms with Crippen LogP contribution >= 0.6 is 0 Å². The molecule has 4 rings (SSSR count). The van der Waals surface area contributed by atoms with Gasteiger partial charge in [0.2, 0.25) is 0 Å². The number of alkyl halides is 2. The van der Waals surface area contributed by atoms with Crippen molar-refractivity contribution in [2.75, 3.05) is 11.4 Å². The van der Waals surface area contributed by atoms with Crippen LogP contribution in [-0.4, -0.2) is 45.8 Å². The monoisotopic (exact) mass is 431 g/mol. The largest absolute Gasteiger partial charge is 0.444 e. The van der Waals surface area contributed by atoms with Crippen molar-refractivity contribution in [1.29, 1.82) is 0 Å². The molecule has 1 atom stereocenters. The molecular formula is C20H16F3N5O3. The topological polar surface area (TPSA) is 114 Å². The van der Waals surface area contributed by atoms with Crippen molar-refractivity contribution in [1.82, 2.24) is 15.2 Å². The van der Waals surface area contributed by atoms with Crippen LogP contribution in [0.25, 0.3) is 22.5 Å². The molecule has 1 aliphatic rings. The molecule has 0 radical (unpaired) electrons. The van der Waals surface area contributed by atoms with E-state index in [9.17, 15) is 22.8 Å². The molecule has 1 unspecified atom stereocenters. The second-order valence-electron chi connectivity index (χ2n) is 6.93. The summed E-state index contributed by atoms with van der Waals surface area (Å²) in [6.07, 6.45) is -0.115. The molecule has 3 N–H and O–H groups in total. The fourth-order valence-electron chi connectivity index (χ4n) is 3.31. The molecule has 3 heterocycles. The zero-order chi connectivity index (χ0) is 22.2. The van der Waals surface area contributed by atoms with Gasteiger partial charge in [-0.2, -0.15) is 13.9 Å². The molecule has 2 aromatic heterocycles.